The minimum Gasteiger partial charge on any atom is -0.393 e. The summed E-state index contributed by atoms with van der Waals surface area (Å²) >= 11 is 1.30. The number of halogens is 3. The summed E-state index contributed by atoms with van der Waals surface area (Å²) in [6.45, 7) is 6.92. The van der Waals surface area contributed by atoms with Gasteiger partial charge in [0.05, 0.1) is 24.9 Å². The SMILES string of the molecule is Cc1ccc(NC(=O)c2cc(N3CCC(O)CC3)cc(C(F)(F)F)c2)cc1NC(=O)C1(NCCN2CCOCC2)NC=CS1. The molecule has 2 amide bonds. The molecule has 0 aromatic heterocycles. The molecule has 0 saturated carbocycles. The minimum absolute atomic E-state index is 0.145. The number of thioether (sulfide) groups is 1. The van der Waals surface area contributed by atoms with Crippen LogP contribution in [-0.2, 0) is 15.7 Å². The largest absolute Gasteiger partial charge is 0.416 e. The van der Waals surface area contributed by atoms with Crippen molar-refractivity contribution >= 4 is 40.6 Å². The van der Waals surface area contributed by atoms with E-state index < -0.39 is 28.7 Å². The Labute approximate surface area is 258 Å². The molecule has 2 aromatic carbocycles. The van der Waals surface area contributed by atoms with Crippen molar-refractivity contribution in [2.75, 3.05) is 68.0 Å². The highest BCUT2D eigenvalue weighted by atomic mass is 32.2. The normalized spacial score (nSPS) is 21.2. The number of amides is 2. The Kier molecular flexibility index (Phi) is 10.1. The zero-order chi connectivity index (χ0) is 31.3. The van der Waals surface area contributed by atoms with E-state index in [-0.39, 0.29) is 17.2 Å². The maximum absolute atomic E-state index is 13.8. The minimum atomic E-state index is -4.64. The third kappa shape index (κ3) is 7.85. The van der Waals surface area contributed by atoms with E-state index in [4.69, 9.17) is 4.74 Å². The van der Waals surface area contributed by atoms with Gasteiger partial charge in [-0.1, -0.05) is 17.8 Å². The number of aliphatic hydroxyl groups is 1. The first-order chi connectivity index (χ1) is 21.0. The van der Waals surface area contributed by atoms with Crippen molar-refractivity contribution in [3.63, 3.8) is 0 Å². The van der Waals surface area contributed by atoms with Gasteiger partial charge >= 0.3 is 6.18 Å². The number of benzene rings is 2. The molecule has 1 unspecified atom stereocenters. The maximum Gasteiger partial charge on any atom is 0.416 e. The summed E-state index contributed by atoms with van der Waals surface area (Å²) in [5, 5.41) is 23.6. The number of hydrogen-bond donors (Lipinski definition) is 5. The highest BCUT2D eigenvalue weighted by Gasteiger charge is 2.40. The Morgan fingerprint density at radius 3 is 2.52 bits per heavy atom. The molecular weight excluding hydrogens is 597 g/mol. The maximum atomic E-state index is 13.8. The lowest BCUT2D eigenvalue weighted by molar-refractivity contribution is -0.137. The highest BCUT2D eigenvalue weighted by molar-refractivity contribution is 8.04. The number of nitrogens with one attached hydrogen (secondary N) is 4. The molecule has 0 radical (unpaired) electrons. The summed E-state index contributed by atoms with van der Waals surface area (Å²) < 4.78 is 46.7. The van der Waals surface area contributed by atoms with Gasteiger partial charge < -0.3 is 30.7 Å². The first-order valence-corrected chi connectivity index (χ1v) is 15.4. The van der Waals surface area contributed by atoms with Gasteiger partial charge in [0.2, 0.25) is 4.99 Å². The highest BCUT2D eigenvalue weighted by Crippen LogP contribution is 2.34. The van der Waals surface area contributed by atoms with Crippen molar-refractivity contribution in [3.8, 4) is 0 Å². The first kappa shape index (κ1) is 32.1. The molecule has 238 valence electrons. The average molecular weight is 635 g/mol. The van der Waals surface area contributed by atoms with Crippen LogP contribution in [0.15, 0.2) is 48.0 Å². The van der Waals surface area contributed by atoms with Gasteiger partial charge in [-0.15, -0.1) is 0 Å². The van der Waals surface area contributed by atoms with E-state index in [0.717, 1.165) is 37.3 Å². The molecule has 3 aliphatic rings. The van der Waals surface area contributed by atoms with Crippen LogP contribution in [0.1, 0.15) is 34.3 Å². The number of carbonyl (C=O) groups excluding carboxylic acids is 2. The molecule has 2 aromatic rings. The lowest BCUT2D eigenvalue weighted by Gasteiger charge is -2.32. The van der Waals surface area contributed by atoms with Crippen LogP contribution < -0.4 is 26.2 Å². The quantitative estimate of drug-likeness (QED) is 0.282. The fraction of sp³-hybridized carbons (Fsp3) is 0.467. The van der Waals surface area contributed by atoms with E-state index in [2.05, 4.69) is 26.2 Å². The van der Waals surface area contributed by atoms with Gasteiger partial charge in [-0.05, 0) is 61.1 Å². The van der Waals surface area contributed by atoms with E-state index in [1.54, 1.807) is 34.7 Å². The standard InChI is InChI=1S/C30H37F3N6O4S/c1-20-2-3-23(19-26(20)37-28(42)30(35-7-15-44-30)34-6-10-38-11-13-43-14-12-38)36-27(41)21-16-22(29(31,32)33)18-24(17-21)39-8-4-25(40)5-9-39/h2-3,7,15-19,25,34-35,40H,4-6,8-14H2,1H3,(H,36,41)(H,37,42). The van der Waals surface area contributed by atoms with Crippen LogP contribution in [0, 0.1) is 6.92 Å². The second kappa shape index (κ2) is 13.8. The van der Waals surface area contributed by atoms with Crippen molar-refractivity contribution in [2.45, 2.75) is 37.0 Å². The smallest absolute Gasteiger partial charge is 0.393 e. The molecule has 0 aliphatic carbocycles. The molecule has 0 bridgehead atoms. The molecular formula is C30H37F3N6O4S. The second-order valence-electron chi connectivity index (χ2n) is 11.0. The predicted molar refractivity (Wildman–Crippen MR) is 165 cm³/mol. The molecule has 2 saturated heterocycles. The number of hydrogen-bond acceptors (Lipinski definition) is 9. The Morgan fingerprint density at radius 2 is 1.84 bits per heavy atom. The number of carbonyl (C=O) groups is 2. The number of alkyl halides is 3. The zero-order valence-electron chi connectivity index (χ0n) is 24.4. The van der Waals surface area contributed by atoms with Crippen LogP contribution in [0.5, 0.6) is 0 Å². The molecule has 3 heterocycles. The molecule has 3 aliphatic heterocycles. The molecule has 0 spiro atoms. The third-order valence-electron chi connectivity index (χ3n) is 7.91. The number of morpholine rings is 1. The zero-order valence-corrected chi connectivity index (χ0v) is 25.2. The van der Waals surface area contributed by atoms with Crippen LogP contribution in [0.2, 0.25) is 0 Å². The molecule has 44 heavy (non-hydrogen) atoms. The summed E-state index contributed by atoms with van der Waals surface area (Å²) in [7, 11) is 0. The van der Waals surface area contributed by atoms with Crippen molar-refractivity contribution in [1.29, 1.82) is 0 Å². The fourth-order valence-electron chi connectivity index (χ4n) is 5.29. The summed E-state index contributed by atoms with van der Waals surface area (Å²) in [5.74, 6) is -1.05. The van der Waals surface area contributed by atoms with Crippen molar-refractivity contribution in [3.05, 3.63) is 64.7 Å². The lowest BCUT2D eigenvalue weighted by atomic mass is 10.0. The van der Waals surface area contributed by atoms with E-state index >= 15 is 0 Å². The number of aliphatic hydroxyl groups excluding tert-OH is 1. The number of rotatable bonds is 9. The lowest BCUT2D eigenvalue weighted by Crippen LogP contribution is -2.60. The number of anilines is 3. The molecule has 1 atom stereocenters. The van der Waals surface area contributed by atoms with Crippen LogP contribution in [0.3, 0.4) is 0 Å². The van der Waals surface area contributed by atoms with E-state index in [1.165, 1.54) is 17.8 Å². The Morgan fingerprint density at radius 1 is 1.09 bits per heavy atom. The van der Waals surface area contributed by atoms with Crippen LogP contribution in [-0.4, -0.2) is 85.4 Å². The van der Waals surface area contributed by atoms with Crippen molar-refractivity contribution in [2.24, 2.45) is 0 Å². The molecule has 14 heteroatoms. The molecule has 5 rings (SSSR count). The number of ether oxygens (including phenoxy) is 1. The van der Waals surface area contributed by atoms with Gasteiger partial charge in [0.15, 0.2) is 0 Å². The van der Waals surface area contributed by atoms with Gasteiger partial charge in [0.1, 0.15) is 0 Å². The monoisotopic (exact) mass is 634 g/mol. The Balaban J connectivity index is 1.28. The molecule has 5 N–H and O–H groups in total. The number of aryl methyl sites for hydroxylation is 1. The number of piperidine rings is 1. The summed E-state index contributed by atoms with van der Waals surface area (Å²) in [5.41, 5.74) is 0.709. The van der Waals surface area contributed by atoms with Gasteiger partial charge in [0, 0.05) is 68.1 Å². The average Bonchev–Trinajstić information content (AvgIpc) is 3.49. The van der Waals surface area contributed by atoms with Crippen molar-refractivity contribution < 1.29 is 32.6 Å². The fourth-order valence-corrected chi connectivity index (χ4v) is 6.11. The summed E-state index contributed by atoms with van der Waals surface area (Å²) in [4.78, 5) is 29.6. The van der Waals surface area contributed by atoms with E-state index in [0.29, 0.717) is 57.1 Å². The second-order valence-corrected chi connectivity index (χ2v) is 12.2. The van der Waals surface area contributed by atoms with Crippen LogP contribution in [0.25, 0.3) is 0 Å². The van der Waals surface area contributed by atoms with Gasteiger partial charge in [0.25, 0.3) is 11.8 Å². The Bertz CT molecular complexity index is 1370. The van der Waals surface area contributed by atoms with Gasteiger partial charge in [-0.25, -0.2) is 0 Å². The van der Waals surface area contributed by atoms with Crippen molar-refractivity contribution in [1.82, 2.24) is 15.5 Å². The summed E-state index contributed by atoms with van der Waals surface area (Å²) in [6, 6.07) is 8.22. The van der Waals surface area contributed by atoms with Gasteiger partial charge in [-0.2, -0.15) is 13.2 Å². The molecule has 2 fully saturated rings. The molecule has 10 nitrogen and oxygen atoms in total. The predicted octanol–water partition coefficient (Wildman–Crippen LogP) is 3.55. The van der Waals surface area contributed by atoms with Crippen LogP contribution >= 0.6 is 11.8 Å². The third-order valence-corrected chi connectivity index (χ3v) is 8.98. The Hall–Kier alpha value is -3.30. The van der Waals surface area contributed by atoms with E-state index in [1.807, 2.05) is 6.92 Å². The topological polar surface area (TPSA) is 118 Å². The number of nitrogens with zero attached hydrogens (tertiary/aromatic N) is 2. The van der Waals surface area contributed by atoms with Crippen LogP contribution in [0.4, 0.5) is 30.2 Å². The summed E-state index contributed by atoms with van der Waals surface area (Å²) in [6.07, 6.45) is -2.56. The van der Waals surface area contributed by atoms with E-state index in [9.17, 15) is 27.9 Å². The first-order valence-electron chi connectivity index (χ1n) is 14.6. The van der Waals surface area contributed by atoms with Gasteiger partial charge in [-0.3, -0.25) is 19.8 Å².